The summed E-state index contributed by atoms with van der Waals surface area (Å²) in [5, 5.41) is 9.52. The highest BCUT2D eigenvalue weighted by Crippen LogP contribution is 2.59. The quantitative estimate of drug-likeness (QED) is 0.645. The number of hydrogen-bond acceptors (Lipinski definition) is 1. The zero-order valence-electron chi connectivity index (χ0n) is 7.46. The summed E-state index contributed by atoms with van der Waals surface area (Å²) in [6, 6.07) is 0. The van der Waals surface area contributed by atoms with Crippen LogP contribution in [0.3, 0.4) is 0 Å². The smallest absolute Gasteiger partial charge is 0.0574 e. The largest absolute Gasteiger partial charge is 0.393 e. The van der Waals surface area contributed by atoms with Gasteiger partial charge >= 0.3 is 0 Å². The Morgan fingerprint density at radius 1 is 1.36 bits per heavy atom. The fourth-order valence-electron chi connectivity index (χ4n) is 2.88. The van der Waals surface area contributed by atoms with Gasteiger partial charge in [-0.25, -0.2) is 0 Å². The summed E-state index contributed by atoms with van der Waals surface area (Å²) in [5.74, 6) is 3.32. The van der Waals surface area contributed by atoms with Gasteiger partial charge in [0.15, 0.2) is 0 Å². The molecule has 0 aromatic rings. The Labute approximate surface area is 68.8 Å². The minimum atomic E-state index is 0.0590. The summed E-state index contributed by atoms with van der Waals surface area (Å²) in [4.78, 5) is 0. The molecule has 11 heavy (non-hydrogen) atoms. The van der Waals surface area contributed by atoms with Crippen LogP contribution in [0.2, 0.25) is 0 Å². The molecule has 0 aliphatic heterocycles. The molecule has 0 heterocycles. The molecule has 1 heteroatoms. The van der Waals surface area contributed by atoms with Crippen molar-refractivity contribution in [3.63, 3.8) is 0 Å². The summed E-state index contributed by atoms with van der Waals surface area (Å²) in [6.07, 6.45) is 3.77. The number of aliphatic hydroxyl groups is 1. The van der Waals surface area contributed by atoms with Crippen LogP contribution in [-0.4, -0.2) is 11.2 Å². The SMILES string of the molecule is CC(C)C[C@H]1[C@@H]2CC[C@@H](O)[C@@H]21. The molecule has 0 bridgehead atoms. The van der Waals surface area contributed by atoms with Gasteiger partial charge in [0.05, 0.1) is 6.10 Å². The van der Waals surface area contributed by atoms with E-state index < -0.39 is 0 Å². The van der Waals surface area contributed by atoms with Gasteiger partial charge in [-0.1, -0.05) is 13.8 Å². The molecule has 1 nitrogen and oxygen atoms in total. The van der Waals surface area contributed by atoms with Gasteiger partial charge in [0, 0.05) is 0 Å². The second-order valence-electron chi connectivity index (χ2n) is 4.68. The van der Waals surface area contributed by atoms with Crippen molar-refractivity contribution in [2.75, 3.05) is 0 Å². The van der Waals surface area contributed by atoms with E-state index in [1.165, 1.54) is 12.8 Å². The molecule has 0 amide bonds. The van der Waals surface area contributed by atoms with Crippen LogP contribution in [-0.2, 0) is 0 Å². The van der Waals surface area contributed by atoms with Crippen LogP contribution in [0.1, 0.15) is 33.1 Å². The van der Waals surface area contributed by atoms with Crippen LogP contribution < -0.4 is 0 Å². The Hall–Kier alpha value is -0.0400. The molecule has 64 valence electrons. The number of hydrogen-bond donors (Lipinski definition) is 1. The van der Waals surface area contributed by atoms with E-state index in [0.717, 1.165) is 24.2 Å². The van der Waals surface area contributed by atoms with Gasteiger partial charge in [-0.15, -0.1) is 0 Å². The van der Waals surface area contributed by atoms with Crippen LogP contribution in [0.5, 0.6) is 0 Å². The molecule has 0 aromatic carbocycles. The van der Waals surface area contributed by atoms with Crippen molar-refractivity contribution in [3.8, 4) is 0 Å². The molecule has 0 radical (unpaired) electrons. The Bertz CT molecular complexity index is 153. The first kappa shape index (κ1) is 7.60. The van der Waals surface area contributed by atoms with E-state index in [-0.39, 0.29) is 6.10 Å². The minimum absolute atomic E-state index is 0.0590. The predicted octanol–water partition coefficient (Wildman–Crippen LogP) is 2.05. The molecule has 0 spiro atoms. The molecule has 1 N–H and O–H groups in total. The van der Waals surface area contributed by atoms with Gasteiger partial charge in [0.2, 0.25) is 0 Å². The lowest BCUT2D eigenvalue weighted by molar-refractivity contribution is 0.147. The summed E-state index contributed by atoms with van der Waals surface area (Å²) >= 11 is 0. The molecule has 2 aliphatic rings. The minimum Gasteiger partial charge on any atom is -0.393 e. The highest BCUT2D eigenvalue weighted by molar-refractivity contribution is 5.05. The molecule has 2 aliphatic carbocycles. The molecule has 4 atom stereocenters. The first-order valence-corrected chi connectivity index (χ1v) is 4.88. The van der Waals surface area contributed by atoms with Gasteiger partial charge in [-0.2, -0.15) is 0 Å². The Balaban J connectivity index is 1.85. The first-order chi connectivity index (χ1) is 5.20. The maximum Gasteiger partial charge on any atom is 0.0574 e. The van der Waals surface area contributed by atoms with Crippen molar-refractivity contribution in [2.24, 2.45) is 23.7 Å². The van der Waals surface area contributed by atoms with Crippen LogP contribution >= 0.6 is 0 Å². The third-order valence-corrected chi connectivity index (χ3v) is 3.38. The summed E-state index contributed by atoms with van der Waals surface area (Å²) in [6.45, 7) is 4.56. The highest BCUT2D eigenvalue weighted by atomic mass is 16.3. The zero-order chi connectivity index (χ0) is 8.01. The lowest BCUT2D eigenvalue weighted by Gasteiger charge is -2.09. The van der Waals surface area contributed by atoms with E-state index in [4.69, 9.17) is 0 Å². The van der Waals surface area contributed by atoms with Crippen molar-refractivity contribution >= 4 is 0 Å². The van der Waals surface area contributed by atoms with Crippen molar-refractivity contribution in [1.29, 1.82) is 0 Å². The van der Waals surface area contributed by atoms with E-state index in [9.17, 15) is 5.11 Å². The van der Waals surface area contributed by atoms with Crippen LogP contribution in [0.25, 0.3) is 0 Å². The average Bonchev–Trinajstić information content (AvgIpc) is 2.41. The summed E-state index contributed by atoms with van der Waals surface area (Å²) in [5.41, 5.74) is 0. The Morgan fingerprint density at radius 2 is 2.09 bits per heavy atom. The van der Waals surface area contributed by atoms with E-state index >= 15 is 0 Å². The maximum absolute atomic E-state index is 9.52. The van der Waals surface area contributed by atoms with Gasteiger partial charge in [-0.05, 0) is 42.9 Å². The van der Waals surface area contributed by atoms with Crippen LogP contribution in [0, 0.1) is 23.7 Å². The number of fused-ring (bicyclic) bond motifs is 1. The topological polar surface area (TPSA) is 20.2 Å². The molecular formula is C10H18O. The first-order valence-electron chi connectivity index (χ1n) is 4.88. The third kappa shape index (κ3) is 1.20. The van der Waals surface area contributed by atoms with Crippen molar-refractivity contribution < 1.29 is 5.11 Å². The second-order valence-corrected chi connectivity index (χ2v) is 4.68. The fourth-order valence-corrected chi connectivity index (χ4v) is 2.88. The van der Waals surface area contributed by atoms with Gasteiger partial charge in [-0.3, -0.25) is 0 Å². The number of rotatable bonds is 2. The van der Waals surface area contributed by atoms with E-state index in [1.807, 2.05) is 0 Å². The highest BCUT2D eigenvalue weighted by Gasteiger charge is 2.56. The predicted molar refractivity (Wildman–Crippen MR) is 45.2 cm³/mol. The second kappa shape index (κ2) is 2.48. The summed E-state index contributed by atoms with van der Waals surface area (Å²) in [7, 11) is 0. The average molecular weight is 154 g/mol. The summed E-state index contributed by atoms with van der Waals surface area (Å²) < 4.78 is 0. The molecular weight excluding hydrogens is 136 g/mol. The fraction of sp³-hybridized carbons (Fsp3) is 1.00. The maximum atomic E-state index is 9.52. The normalized spacial score (nSPS) is 48.0. The molecule has 2 fully saturated rings. The zero-order valence-corrected chi connectivity index (χ0v) is 7.46. The van der Waals surface area contributed by atoms with Crippen LogP contribution in [0.4, 0.5) is 0 Å². The van der Waals surface area contributed by atoms with E-state index in [2.05, 4.69) is 13.8 Å². The standard InChI is InChI=1S/C10H18O/c1-6(2)5-8-7-3-4-9(11)10(7)8/h6-11H,3-5H2,1-2H3/t7-,8-,9+,10-/m0/s1. The lowest BCUT2D eigenvalue weighted by atomic mass is 10.0. The van der Waals surface area contributed by atoms with Crippen molar-refractivity contribution in [1.82, 2.24) is 0 Å². The van der Waals surface area contributed by atoms with Crippen molar-refractivity contribution in [2.45, 2.75) is 39.2 Å². The Kier molecular flexibility index (Phi) is 1.71. The van der Waals surface area contributed by atoms with Crippen LogP contribution in [0.15, 0.2) is 0 Å². The monoisotopic (exact) mass is 154 g/mol. The molecule has 0 saturated heterocycles. The molecule has 0 aromatic heterocycles. The van der Waals surface area contributed by atoms with Crippen molar-refractivity contribution in [3.05, 3.63) is 0 Å². The van der Waals surface area contributed by atoms with E-state index in [1.54, 1.807) is 0 Å². The third-order valence-electron chi connectivity index (χ3n) is 3.38. The lowest BCUT2D eigenvalue weighted by Crippen LogP contribution is -2.08. The van der Waals surface area contributed by atoms with Gasteiger partial charge in [0.1, 0.15) is 0 Å². The van der Waals surface area contributed by atoms with E-state index in [0.29, 0.717) is 5.92 Å². The van der Waals surface area contributed by atoms with Gasteiger partial charge in [0.25, 0.3) is 0 Å². The molecule has 2 saturated carbocycles. The molecule has 0 unspecified atom stereocenters. The molecule has 2 rings (SSSR count). The van der Waals surface area contributed by atoms with Gasteiger partial charge < -0.3 is 5.11 Å². The number of aliphatic hydroxyl groups excluding tert-OH is 1. The Morgan fingerprint density at radius 3 is 2.55 bits per heavy atom.